The van der Waals surface area contributed by atoms with Crippen LogP contribution in [-0.2, 0) is 66.6 Å². The van der Waals surface area contributed by atoms with E-state index in [-0.39, 0.29) is 22.4 Å². The van der Waals surface area contributed by atoms with Crippen LogP contribution in [-0.4, -0.2) is 124 Å². The maximum absolute atomic E-state index is 14.8. The first-order valence-electron chi connectivity index (χ1n) is 21.5. The highest BCUT2D eigenvalue weighted by atomic mass is 16.7. The van der Waals surface area contributed by atoms with Crippen molar-refractivity contribution in [1.82, 2.24) is 4.98 Å². The zero-order valence-corrected chi connectivity index (χ0v) is 38.0. The van der Waals surface area contributed by atoms with Crippen LogP contribution in [0.3, 0.4) is 0 Å². The van der Waals surface area contributed by atoms with E-state index in [1.807, 2.05) is 0 Å². The fraction of sp³-hybridized carbons (Fsp3) is 0.479. The second-order valence-electron chi connectivity index (χ2n) is 17.7. The van der Waals surface area contributed by atoms with Gasteiger partial charge in [0.2, 0.25) is 0 Å². The van der Waals surface area contributed by atoms with Gasteiger partial charge in [-0.05, 0) is 50.2 Å². The van der Waals surface area contributed by atoms with Gasteiger partial charge in [0.25, 0.3) is 0 Å². The lowest BCUT2D eigenvalue weighted by Crippen LogP contribution is -2.89. The number of nitrogens with zero attached hydrogens (tertiary/aromatic N) is 1. The summed E-state index contributed by atoms with van der Waals surface area (Å²) < 4.78 is 56.5. The first-order chi connectivity index (χ1) is 31.6. The summed E-state index contributed by atoms with van der Waals surface area (Å²) in [6.45, 7) is 7.66. The molecule has 67 heavy (non-hydrogen) atoms. The number of rotatable bonds is 9. The Hall–Kier alpha value is -6.73. The van der Waals surface area contributed by atoms with Gasteiger partial charge in [-0.25, -0.2) is 14.4 Å². The Kier molecular flexibility index (Phi) is 13.1. The van der Waals surface area contributed by atoms with Crippen LogP contribution in [0.4, 0.5) is 0 Å². The van der Waals surface area contributed by atoms with Crippen molar-refractivity contribution < 1.29 is 86.1 Å². The summed E-state index contributed by atoms with van der Waals surface area (Å²) in [5.41, 5.74) is -10.6. The fourth-order valence-corrected chi connectivity index (χ4v) is 10.4. The standard InChI is InChI=1S/C48H51NO18/c1-24-25(2)41(54)66-38-36(64-42(55)30-16-11-9-12-17-30)40(63-29(6)53)47(23-59-26(3)50)39(62-28(5)52)35(61-27(4)51)33-37(65-43(56)31-18-13-10-14-19-31)48(47,46(38,8)58)67-45(33,7)22-60-44(57)32-20-15-21-49-34(24)32/h9-21,24-25,33,35-40,58H,22-23H2,1-8H3. The molecule has 3 fully saturated rings. The predicted molar refractivity (Wildman–Crippen MR) is 225 cm³/mol. The van der Waals surface area contributed by atoms with Crippen LogP contribution in [0.2, 0.25) is 0 Å². The van der Waals surface area contributed by atoms with Crippen LogP contribution in [0.1, 0.15) is 98.1 Å². The molecule has 19 nitrogen and oxygen atoms in total. The summed E-state index contributed by atoms with van der Waals surface area (Å²) in [6, 6.07) is 17.9. The van der Waals surface area contributed by atoms with E-state index < -0.39 is 138 Å². The highest BCUT2D eigenvalue weighted by molar-refractivity contribution is 5.92. The van der Waals surface area contributed by atoms with E-state index in [0.717, 1.165) is 34.6 Å². The highest BCUT2D eigenvalue weighted by Gasteiger charge is 2.92. The Balaban J connectivity index is 1.64. The van der Waals surface area contributed by atoms with Gasteiger partial charge in [-0.1, -0.05) is 50.2 Å². The molecule has 1 aromatic heterocycles. The Labute approximate surface area is 384 Å². The largest absolute Gasteiger partial charge is 0.465 e. The molecule has 2 aromatic carbocycles. The van der Waals surface area contributed by atoms with Gasteiger partial charge in [0, 0.05) is 39.8 Å². The van der Waals surface area contributed by atoms with Crippen molar-refractivity contribution in [3.8, 4) is 0 Å². The minimum atomic E-state index is -2.93. The first-order valence-corrected chi connectivity index (χ1v) is 21.5. The average molecular weight is 930 g/mol. The lowest BCUT2D eigenvalue weighted by molar-refractivity contribution is -0.385. The third-order valence-corrected chi connectivity index (χ3v) is 13.3. The third-order valence-electron chi connectivity index (χ3n) is 13.3. The second-order valence-corrected chi connectivity index (χ2v) is 17.7. The summed E-state index contributed by atoms with van der Waals surface area (Å²) in [5, 5.41) is 13.9. The summed E-state index contributed by atoms with van der Waals surface area (Å²) in [7, 11) is 0. The fourth-order valence-electron chi connectivity index (χ4n) is 10.4. The third kappa shape index (κ3) is 8.17. The quantitative estimate of drug-likeness (QED) is 0.238. The van der Waals surface area contributed by atoms with E-state index in [9.17, 15) is 43.5 Å². The number of benzene rings is 2. The van der Waals surface area contributed by atoms with Gasteiger partial charge in [0.05, 0.1) is 34.2 Å². The summed E-state index contributed by atoms with van der Waals surface area (Å²) in [5.74, 6) is -12.1. The number of cyclic esters (lactones) is 1. The van der Waals surface area contributed by atoms with Gasteiger partial charge in [-0.3, -0.25) is 29.0 Å². The summed E-state index contributed by atoms with van der Waals surface area (Å²) >= 11 is 0. The molecule has 356 valence electrons. The Morgan fingerprint density at radius 2 is 1.24 bits per heavy atom. The summed E-state index contributed by atoms with van der Waals surface area (Å²) in [6.07, 6.45) is -11.1. The zero-order chi connectivity index (χ0) is 48.8. The van der Waals surface area contributed by atoms with Crippen molar-refractivity contribution >= 4 is 47.8 Å². The van der Waals surface area contributed by atoms with Gasteiger partial charge in [-0.15, -0.1) is 0 Å². The van der Waals surface area contributed by atoms with E-state index in [2.05, 4.69) is 4.98 Å². The lowest BCUT2D eigenvalue weighted by Gasteiger charge is -2.67. The lowest BCUT2D eigenvalue weighted by atomic mass is 9.45. The Bertz CT molecular complexity index is 2460. The SMILES string of the molecule is CC(=O)OCC12C(OC(C)=O)C(OC(C)=O)C3C(OC(=O)c4ccccc4)C14OC3(C)COC(=O)c1cccnc1C(C)C(C)C(=O)OC(C(OC(=O)c1ccccc1)C2OC(C)=O)C4(C)O. The van der Waals surface area contributed by atoms with E-state index >= 15 is 0 Å². The van der Waals surface area contributed by atoms with Gasteiger partial charge in [0.15, 0.2) is 30.0 Å². The van der Waals surface area contributed by atoms with E-state index in [4.69, 9.17) is 42.6 Å². The molecule has 1 saturated heterocycles. The van der Waals surface area contributed by atoms with Crippen molar-refractivity contribution in [3.63, 3.8) is 0 Å². The van der Waals surface area contributed by atoms with Crippen molar-refractivity contribution in [2.75, 3.05) is 13.2 Å². The molecule has 0 amide bonds. The predicted octanol–water partition coefficient (Wildman–Crippen LogP) is 3.62. The Morgan fingerprint density at radius 3 is 1.79 bits per heavy atom. The molecule has 1 spiro atoms. The minimum Gasteiger partial charge on any atom is -0.465 e. The van der Waals surface area contributed by atoms with Crippen LogP contribution in [0.25, 0.3) is 0 Å². The number of ether oxygens (including phenoxy) is 9. The van der Waals surface area contributed by atoms with Gasteiger partial charge < -0.3 is 47.7 Å². The van der Waals surface area contributed by atoms with Crippen molar-refractivity contribution in [3.05, 3.63) is 101 Å². The van der Waals surface area contributed by atoms with Gasteiger partial charge in [0.1, 0.15) is 42.0 Å². The van der Waals surface area contributed by atoms with Crippen LogP contribution >= 0.6 is 0 Å². The molecule has 19 heteroatoms. The molecule has 7 rings (SSSR count). The number of hydrogen-bond donors (Lipinski definition) is 1. The average Bonchev–Trinajstić information content (AvgIpc) is 3.51. The number of esters is 8. The van der Waals surface area contributed by atoms with E-state index in [1.54, 1.807) is 31.2 Å². The number of aliphatic hydroxyl groups is 1. The minimum absolute atomic E-state index is 0.0365. The molecule has 2 aliphatic heterocycles. The monoisotopic (exact) mass is 929 g/mol. The molecule has 1 N–H and O–H groups in total. The number of fused-ring (bicyclic) bond motifs is 5. The van der Waals surface area contributed by atoms with Crippen LogP contribution in [0.5, 0.6) is 0 Å². The molecule has 2 aliphatic carbocycles. The molecule has 2 saturated carbocycles. The van der Waals surface area contributed by atoms with Crippen LogP contribution < -0.4 is 0 Å². The van der Waals surface area contributed by atoms with Crippen LogP contribution in [0, 0.1) is 17.3 Å². The Morgan fingerprint density at radius 1 is 0.687 bits per heavy atom. The zero-order valence-electron chi connectivity index (χ0n) is 38.0. The summed E-state index contributed by atoms with van der Waals surface area (Å²) in [4.78, 5) is 116. The number of carbonyl (C=O) groups excluding carboxylic acids is 8. The van der Waals surface area contributed by atoms with Gasteiger partial charge >= 0.3 is 47.8 Å². The number of hydrogen-bond acceptors (Lipinski definition) is 19. The molecule has 3 heterocycles. The molecule has 4 aliphatic rings. The van der Waals surface area contributed by atoms with Crippen molar-refractivity contribution in [1.29, 1.82) is 0 Å². The number of carbonyl (C=O) groups is 8. The van der Waals surface area contributed by atoms with Crippen molar-refractivity contribution in [2.45, 2.75) is 115 Å². The molecule has 4 bridgehead atoms. The number of aromatic nitrogens is 1. The van der Waals surface area contributed by atoms with Gasteiger partial charge in [-0.2, -0.15) is 0 Å². The van der Waals surface area contributed by atoms with E-state index in [1.165, 1.54) is 68.6 Å². The number of pyridine rings is 1. The topological polar surface area (TPSA) is 253 Å². The molecule has 3 aromatic rings. The highest BCUT2D eigenvalue weighted by Crippen LogP contribution is 2.70. The maximum Gasteiger partial charge on any atom is 0.340 e. The molecule has 13 unspecified atom stereocenters. The maximum atomic E-state index is 14.8. The molecule has 0 radical (unpaired) electrons. The van der Waals surface area contributed by atoms with E-state index in [0.29, 0.717) is 0 Å². The molecule has 13 atom stereocenters. The van der Waals surface area contributed by atoms with Crippen molar-refractivity contribution in [2.24, 2.45) is 17.3 Å². The molecular formula is C48H51NO18. The van der Waals surface area contributed by atoms with Crippen LogP contribution in [0.15, 0.2) is 79.0 Å². The molecular weight excluding hydrogens is 879 g/mol. The first kappa shape index (κ1) is 48.2. The normalized spacial score (nSPS) is 34.1. The second kappa shape index (κ2) is 18.2. The smallest absolute Gasteiger partial charge is 0.340 e.